The Labute approximate surface area is 97.9 Å². The highest BCUT2D eigenvalue weighted by Gasteiger charge is 2.14. The monoisotopic (exact) mass is 223 g/mol. The van der Waals surface area contributed by atoms with Crippen LogP contribution in [-0.4, -0.2) is 0 Å². The van der Waals surface area contributed by atoms with Crippen molar-refractivity contribution in [1.29, 1.82) is 0 Å². The van der Waals surface area contributed by atoms with Crippen LogP contribution in [0.25, 0.3) is 0 Å². The first-order chi connectivity index (χ1) is 7.29. The predicted octanol–water partition coefficient (Wildman–Crippen LogP) is 3.96. The Balaban J connectivity index is 2.66. The fraction of sp³-hybridized carbons (Fsp3) is 0.571. The van der Waals surface area contributed by atoms with Gasteiger partial charge in [0, 0.05) is 6.04 Å². The lowest BCUT2D eigenvalue weighted by Gasteiger charge is -2.21. The zero-order valence-corrected chi connectivity index (χ0v) is 10.7. The molecule has 0 heterocycles. The van der Waals surface area contributed by atoms with Crippen molar-refractivity contribution in [3.05, 3.63) is 35.1 Å². The smallest absolute Gasteiger partial charge is 0.126 e. The normalized spacial score (nSPS) is 13.9. The van der Waals surface area contributed by atoms with E-state index in [2.05, 4.69) is 20.8 Å². The van der Waals surface area contributed by atoms with Gasteiger partial charge in [-0.3, -0.25) is 0 Å². The van der Waals surface area contributed by atoms with Crippen molar-refractivity contribution >= 4 is 0 Å². The molecule has 0 spiro atoms. The van der Waals surface area contributed by atoms with Crippen molar-refractivity contribution in [1.82, 2.24) is 0 Å². The van der Waals surface area contributed by atoms with E-state index < -0.39 is 0 Å². The lowest BCUT2D eigenvalue weighted by Crippen LogP contribution is -2.15. The second-order valence-electron chi connectivity index (χ2n) is 5.71. The van der Waals surface area contributed by atoms with Gasteiger partial charge in [0.05, 0.1) is 0 Å². The van der Waals surface area contributed by atoms with Gasteiger partial charge in [0.2, 0.25) is 0 Å². The van der Waals surface area contributed by atoms with Crippen molar-refractivity contribution in [3.8, 4) is 0 Å². The van der Waals surface area contributed by atoms with E-state index in [4.69, 9.17) is 5.73 Å². The lowest BCUT2D eigenvalue weighted by atomic mass is 9.87. The van der Waals surface area contributed by atoms with E-state index in [1.54, 1.807) is 13.0 Å². The predicted molar refractivity (Wildman–Crippen MR) is 66.8 cm³/mol. The first-order valence-electron chi connectivity index (χ1n) is 5.81. The number of benzene rings is 1. The van der Waals surface area contributed by atoms with Gasteiger partial charge < -0.3 is 5.73 Å². The molecule has 1 unspecified atom stereocenters. The molecule has 0 aliphatic rings. The Kier molecular flexibility index (Phi) is 4.09. The van der Waals surface area contributed by atoms with Crippen LogP contribution >= 0.6 is 0 Å². The molecule has 90 valence electrons. The second-order valence-corrected chi connectivity index (χ2v) is 5.71. The minimum Gasteiger partial charge on any atom is -0.324 e. The summed E-state index contributed by atoms with van der Waals surface area (Å²) in [5.74, 6) is -0.160. The average Bonchev–Trinajstić information content (AvgIpc) is 2.17. The van der Waals surface area contributed by atoms with Gasteiger partial charge in [0.1, 0.15) is 5.82 Å². The third-order valence-electron chi connectivity index (χ3n) is 2.82. The second kappa shape index (κ2) is 4.96. The Morgan fingerprint density at radius 1 is 1.31 bits per heavy atom. The van der Waals surface area contributed by atoms with Crippen LogP contribution in [0.1, 0.15) is 50.8 Å². The topological polar surface area (TPSA) is 26.0 Å². The van der Waals surface area contributed by atoms with Crippen LogP contribution in [0.5, 0.6) is 0 Å². The highest BCUT2D eigenvalue weighted by molar-refractivity contribution is 5.26. The third kappa shape index (κ3) is 3.93. The number of aryl methyl sites for hydroxylation is 1. The minimum absolute atomic E-state index is 0.0125. The molecule has 1 atom stereocenters. The molecular weight excluding hydrogens is 201 g/mol. The highest BCUT2D eigenvalue weighted by Crippen LogP contribution is 2.26. The Hall–Kier alpha value is -0.890. The molecule has 1 aromatic carbocycles. The molecular formula is C14H22FN. The van der Waals surface area contributed by atoms with E-state index in [0.717, 1.165) is 18.4 Å². The molecule has 2 heteroatoms. The largest absolute Gasteiger partial charge is 0.324 e. The number of nitrogens with two attached hydrogens (primary N) is 1. The molecule has 0 saturated heterocycles. The first-order valence-corrected chi connectivity index (χ1v) is 5.81. The highest BCUT2D eigenvalue weighted by atomic mass is 19.1. The number of hydrogen-bond donors (Lipinski definition) is 1. The minimum atomic E-state index is -0.160. The summed E-state index contributed by atoms with van der Waals surface area (Å²) in [6.07, 6.45) is 2.01. The van der Waals surface area contributed by atoms with Gasteiger partial charge >= 0.3 is 0 Å². The fourth-order valence-corrected chi connectivity index (χ4v) is 1.65. The van der Waals surface area contributed by atoms with Crippen LogP contribution in [0.3, 0.4) is 0 Å². The van der Waals surface area contributed by atoms with E-state index in [-0.39, 0.29) is 11.9 Å². The van der Waals surface area contributed by atoms with Crippen LogP contribution < -0.4 is 5.73 Å². The summed E-state index contributed by atoms with van der Waals surface area (Å²) in [5.41, 5.74) is 8.10. The van der Waals surface area contributed by atoms with Gasteiger partial charge in [-0.15, -0.1) is 0 Å². The molecule has 1 nitrogen and oxygen atoms in total. The first kappa shape index (κ1) is 13.2. The van der Waals surface area contributed by atoms with Crippen molar-refractivity contribution in [2.75, 3.05) is 0 Å². The van der Waals surface area contributed by atoms with Gasteiger partial charge in [-0.25, -0.2) is 4.39 Å². The summed E-state index contributed by atoms with van der Waals surface area (Å²) in [4.78, 5) is 0. The molecule has 0 saturated carbocycles. The molecule has 0 aliphatic heterocycles. The number of halogens is 1. The maximum absolute atomic E-state index is 13.1. The van der Waals surface area contributed by atoms with Crippen LogP contribution in [0, 0.1) is 18.2 Å². The summed E-state index contributed by atoms with van der Waals surface area (Å²) in [7, 11) is 0. The summed E-state index contributed by atoms with van der Waals surface area (Å²) in [6.45, 7) is 8.39. The van der Waals surface area contributed by atoms with Crippen LogP contribution in [0.4, 0.5) is 4.39 Å². The van der Waals surface area contributed by atoms with Crippen LogP contribution in [-0.2, 0) is 0 Å². The van der Waals surface area contributed by atoms with Crippen molar-refractivity contribution in [2.45, 2.75) is 46.6 Å². The summed E-state index contributed by atoms with van der Waals surface area (Å²) >= 11 is 0. The Morgan fingerprint density at radius 2 is 1.94 bits per heavy atom. The summed E-state index contributed by atoms with van der Waals surface area (Å²) in [5, 5.41) is 0. The van der Waals surface area contributed by atoms with E-state index in [1.807, 2.05) is 6.07 Å². The molecule has 0 fully saturated rings. The molecule has 1 rings (SSSR count). The van der Waals surface area contributed by atoms with E-state index in [0.29, 0.717) is 11.0 Å². The SMILES string of the molecule is Cc1cc(C(N)CCC(C)(C)C)ccc1F. The van der Waals surface area contributed by atoms with E-state index in [1.165, 1.54) is 6.07 Å². The quantitative estimate of drug-likeness (QED) is 0.824. The molecule has 0 amide bonds. The maximum Gasteiger partial charge on any atom is 0.126 e. The fourth-order valence-electron chi connectivity index (χ4n) is 1.65. The van der Waals surface area contributed by atoms with Gasteiger partial charge in [-0.2, -0.15) is 0 Å². The maximum atomic E-state index is 13.1. The van der Waals surface area contributed by atoms with Gasteiger partial charge in [-0.1, -0.05) is 32.9 Å². The zero-order valence-electron chi connectivity index (χ0n) is 10.7. The van der Waals surface area contributed by atoms with E-state index >= 15 is 0 Å². The third-order valence-corrected chi connectivity index (χ3v) is 2.82. The lowest BCUT2D eigenvalue weighted by molar-refractivity contribution is 0.349. The van der Waals surface area contributed by atoms with Crippen LogP contribution in [0.2, 0.25) is 0 Å². The number of rotatable bonds is 3. The molecule has 0 radical (unpaired) electrons. The standard InChI is InChI=1S/C14H22FN/c1-10-9-11(5-6-12(10)15)13(16)7-8-14(2,3)4/h5-6,9,13H,7-8,16H2,1-4H3. The summed E-state index contributed by atoms with van der Waals surface area (Å²) < 4.78 is 13.1. The zero-order chi connectivity index (χ0) is 12.3. The number of hydrogen-bond acceptors (Lipinski definition) is 1. The van der Waals surface area contributed by atoms with Gasteiger partial charge in [0.25, 0.3) is 0 Å². The van der Waals surface area contributed by atoms with Crippen molar-refractivity contribution < 1.29 is 4.39 Å². The molecule has 16 heavy (non-hydrogen) atoms. The van der Waals surface area contributed by atoms with Gasteiger partial charge in [0.15, 0.2) is 0 Å². The van der Waals surface area contributed by atoms with Crippen LogP contribution in [0.15, 0.2) is 18.2 Å². The van der Waals surface area contributed by atoms with Crippen molar-refractivity contribution in [2.24, 2.45) is 11.1 Å². The Morgan fingerprint density at radius 3 is 2.44 bits per heavy atom. The van der Waals surface area contributed by atoms with E-state index in [9.17, 15) is 4.39 Å². The Bertz CT molecular complexity index is 352. The van der Waals surface area contributed by atoms with Crippen molar-refractivity contribution in [3.63, 3.8) is 0 Å². The van der Waals surface area contributed by atoms with Gasteiger partial charge in [-0.05, 0) is 42.4 Å². The molecule has 2 N–H and O–H groups in total. The molecule has 0 aliphatic carbocycles. The summed E-state index contributed by atoms with van der Waals surface area (Å²) in [6, 6.07) is 5.15. The molecule has 0 bridgehead atoms. The average molecular weight is 223 g/mol. The molecule has 0 aromatic heterocycles. The molecule has 1 aromatic rings.